The lowest BCUT2D eigenvalue weighted by Crippen LogP contribution is -2.36. The molecule has 2 aromatic rings. The number of rotatable bonds is 4. The van der Waals surface area contributed by atoms with Crippen molar-refractivity contribution in [2.24, 2.45) is 0 Å². The Labute approximate surface area is 142 Å². The molecule has 2 heterocycles. The van der Waals surface area contributed by atoms with Crippen LogP contribution in [0.25, 0.3) is 0 Å². The van der Waals surface area contributed by atoms with Crippen molar-refractivity contribution in [1.29, 1.82) is 0 Å². The van der Waals surface area contributed by atoms with Gasteiger partial charge in [0.05, 0.1) is 29.6 Å². The fourth-order valence-electron chi connectivity index (χ4n) is 2.41. The lowest BCUT2D eigenvalue weighted by Gasteiger charge is -2.10. The number of nitrogens with zero attached hydrogens (tertiary/aromatic N) is 2. The topological polar surface area (TPSA) is 101 Å². The summed E-state index contributed by atoms with van der Waals surface area (Å²) in [6.45, 7) is 0. The highest BCUT2D eigenvalue weighted by Gasteiger charge is 2.29. The lowest BCUT2D eigenvalue weighted by atomic mass is 10.2. The highest BCUT2D eigenvalue weighted by molar-refractivity contribution is 7.91. The van der Waals surface area contributed by atoms with Crippen LogP contribution in [0.4, 0.5) is 20.3 Å². The maximum Gasteiger partial charge on any atom is 0.271 e. The van der Waals surface area contributed by atoms with Gasteiger partial charge < -0.3 is 10.6 Å². The van der Waals surface area contributed by atoms with Crippen LogP contribution >= 0.6 is 0 Å². The monoisotopic (exact) mass is 368 g/mol. The fourth-order valence-corrected chi connectivity index (χ4v) is 4.08. The van der Waals surface area contributed by atoms with Gasteiger partial charge in [-0.25, -0.2) is 27.2 Å². The number of amides is 1. The number of hydrogen-bond acceptors (Lipinski definition) is 6. The zero-order chi connectivity index (χ0) is 18.0. The van der Waals surface area contributed by atoms with Gasteiger partial charge in [0, 0.05) is 12.1 Å². The molecule has 1 aromatic heterocycles. The van der Waals surface area contributed by atoms with Gasteiger partial charge in [-0.2, -0.15) is 0 Å². The molecule has 25 heavy (non-hydrogen) atoms. The van der Waals surface area contributed by atoms with Crippen LogP contribution in [-0.4, -0.2) is 41.8 Å². The van der Waals surface area contributed by atoms with Crippen LogP contribution < -0.4 is 10.6 Å². The van der Waals surface area contributed by atoms with E-state index in [-0.39, 0.29) is 28.7 Å². The maximum absolute atomic E-state index is 13.6. The number of hydrogen-bond donors (Lipinski definition) is 2. The number of sulfone groups is 1. The van der Waals surface area contributed by atoms with Gasteiger partial charge in [-0.15, -0.1) is 0 Å². The van der Waals surface area contributed by atoms with Crippen molar-refractivity contribution >= 4 is 27.2 Å². The van der Waals surface area contributed by atoms with Crippen LogP contribution in [0.1, 0.15) is 16.9 Å². The van der Waals surface area contributed by atoms with Crippen molar-refractivity contribution in [1.82, 2.24) is 15.3 Å². The van der Waals surface area contributed by atoms with Gasteiger partial charge in [-0.05, 0) is 18.6 Å². The van der Waals surface area contributed by atoms with E-state index in [0.717, 1.165) is 12.1 Å². The fraction of sp³-hybridized carbons (Fsp3) is 0.267. The van der Waals surface area contributed by atoms with Crippen molar-refractivity contribution in [3.05, 3.63) is 47.9 Å². The molecule has 2 N–H and O–H groups in total. The molecule has 1 aromatic carbocycles. The third kappa shape index (κ3) is 4.27. The summed E-state index contributed by atoms with van der Waals surface area (Å²) in [6, 6.07) is 2.60. The summed E-state index contributed by atoms with van der Waals surface area (Å²) < 4.78 is 49.2. The van der Waals surface area contributed by atoms with Gasteiger partial charge in [0.15, 0.2) is 9.84 Å². The first-order valence-electron chi connectivity index (χ1n) is 7.38. The molecule has 1 aliphatic rings. The largest absolute Gasteiger partial charge is 0.347 e. The molecule has 0 saturated carbocycles. The third-order valence-electron chi connectivity index (χ3n) is 3.65. The molecule has 1 fully saturated rings. The van der Waals surface area contributed by atoms with E-state index in [9.17, 15) is 22.0 Å². The Balaban J connectivity index is 1.64. The van der Waals surface area contributed by atoms with E-state index in [1.807, 2.05) is 0 Å². The number of nitrogens with one attached hydrogen (secondary N) is 2. The number of carbonyl (C=O) groups excluding carboxylic acids is 1. The van der Waals surface area contributed by atoms with Gasteiger partial charge in [-0.1, -0.05) is 0 Å². The summed E-state index contributed by atoms with van der Waals surface area (Å²) >= 11 is 0. The Morgan fingerprint density at radius 2 is 2.00 bits per heavy atom. The number of aromatic nitrogens is 2. The van der Waals surface area contributed by atoms with Gasteiger partial charge in [0.25, 0.3) is 5.91 Å². The Kier molecular flexibility index (Phi) is 4.62. The number of halogens is 2. The molecule has 1 atom stereocenters. The molecule has 132 valence electrons. The van der Waals surface area contributed by atoms with Crippen molar-refractivity contribution in [2.45, 2.75) is 12.5 Å². The molecule has 7 nitrogen and oxygen atoms in total. The predicted octanol–water partition coefficient (Wildman–Crippen LogP) is 1.42. The quantitative estimate of drug-likeness (QED) is 0.846. The molecule has 1 saturated heterocycles. The molecule has 10 heteroatoms. The Hall–Kier alpha value is -2.62. The minimum atomic E-state index is -3.09. The summed E-state index contributed by atoms with van der Waals surface area (Å²) in [4.78, 5) is 19.9. The van der Waals surface area contributed by atoms with Crippen molar-refractivity contribution in [3.63, 3.8) is 0 Å². The Morgan fingerprint density at radius 3 is 2.60 bits per heavy atom. The molecule has 0 spiro atoms. The van der Waals surface area contributed by atoms with Gasteiger partial charge in [-0.3, -0.25) is 4.79 Å². The first kappa shape index (κ1) is 17.2. The van der Waals surface area contributed by atoms with Gasteiger partial charge in [0.1, 0.15) is 23.1 Å². The summed E-state index contributed by atoms with van der Waals surface area (Å²) in [5, 5.41) is 5.22. The first-order valence-corrected chi connectivity index (χ1v) is 9.20. The van der Waals surface area contributed by atoms with E-state index >= 15 is 0 Å². The average Bonchev–Trinajstić information content (AvgIpc) is 2.89. The maximum atomic E-state index is 13.6. The Bertz CT molecular complexity index is 903. The Morgan fingerprint density at radius 1 is 1.20 bits per heavy atom. The molecule has 3 rings (SSSR count). The van der Waals surface area contributed by atoms with Crippen LogP contribution in [0.15, 0.2) is 30.6 Å². The van der Waals surface area contributed by atoms with Crippen molar-refractivity contribution in [2.75, 3.05) is 16.8 Å². The number of anilines is 2. The smallest absolute Gasteiger partial charge is 0.271 e. The van der Waals surface area contributed by atoms with Crippen LogP contribution in [-0.2, 0) is 9.84 Å². The third-order valence-corrected chi connectivity index (χ3v) is 5.41. The second-order valence-electron chi connectivity index (χ2n) is 5.61. The average molecular weight is 368 g/mol. The molecule has 0 radical (unpaired) electrons. The number of carbonyl (C=O) groups is 1. The van der Waals surface area contributed by atoms with Crippen LogP contribution in [0.5, 0.6) is 0 Å². The van der Waals surface area contributed by atoms with E-state index in [4.69, 9.17) is 0 Å². The minimum Gasteiger partial charge on any atom is -0.347 e. The molecule has 0 aliphatic carbocycles. The van der Waals surface area contributed by atoms with Crippen LogP contribution in [0, 0.1) is 11.6 Å². The molecular weight excluding hydrogens is 354 g/mol. The second kappa shape index (κ2) is 6.71. The van der Waals surface area contributed by atoms with Crippen LogP contribution in [0.2, 0.25) is 0 Å². The van der Waals surface area contributed by atoms with E-state index < -0.39 is 33.4 Å². The second-order valence-corrected chi connectivity index (χ2v) is 7.84. The van der Waals surface area contributed by atoms with E-state index in [0.29, 0.717) is 6.42 Å². The van der Waals surface area contributed by atoms with Gasteiger partial charge in [0.2, 0.25) is 0 Å². The molecular formula is C15H14F2N4O3S. The molecule has 0 bridgehead atoms. The lowest BCUT2D eigenvalue weighted by molar-refractivity contribution is 0.0935. The molecule has 1 unspecified atom stereocenters. The first-order chi connectivity index (χ1) is 11.8. The summed E-state index contributed by atoms with van der Waals surface area (Å²) in [5.74, 6) is -1.88. The predicted molar refractivity (Wildman–Crippen MR) is 86.2 cm³/mol. The van der Waals surface area contributed by atoms with Gasteiger partial charge >= 0.3 is 0 Å². The van der Waals surface area contributed by atoms with E-state index in [1.165, 1.54) is 18.5 Å². The highest BCUT2D eigenvalue weighted by Crippen LogP contribution is 2.19. The van der Waals surface area contributed by atoms with Crippen molar-refractivity contribution < 1.29 is 22.0 Å². The summed E-state index contributed by atoms with van der Waals surface area (Å²) in [6.07, 6.45) is 2.77. The standard InChI is InChI=1S/C15H14F2N4O3S/c16-9-1-2-12(11(17)5-9)21-14-7-18-13(6-19-14)15(22)20-10-3-4-25(23,24)8-10/h1-2,5-7,10H,3-4,8H2,(H,19,21)(H,20,22). The molecule has 1 amide bonds. The normalized spacial score (nSPS) is 18.7. The zero-order valence-electron chi connectivity index (χ0n) is 12.9. The highest BCUT2D eigenvalue weighted by atomic mass is 32.2. The molecule has 1 aliphatic heterocycles. The zero-order valence-corrected chi connectivity index (χ0v) is 13.7. The summed E-state index contributed by atoms with van der Waals surface area (Å²) in [7, 11) is -3.09. The van der Waals surface area contributed by atoms with Crippen LogP contribution in [0.3, 0.4) is 0 Å². The van der Waals surface area contributed by atoms with E-state index in [2.05, 4.69) is 20.6 Å². The number of benzene rings is 1. The summed E-state index contributed by atoms with van der Waals surface area (Å²) in [5.41, 5.74) is 0.0264. The minimum absolute atomic E-state index is 0.00873. The van der Waals surface area contributed by atoms with E-state index in [1.54, 1.807) is 0 Å². The van der Waals surface area contributed by atoms with Crippen molar-refractivity contribution in [3.8, 4) is 0 Å². The SMILES string of the molecule is O=C(NC1CCS(=O)(=O)C1)c1cnc(Nc2ccc(F)cc2F)cn1.